The zero-order valence-corrected chi connectivity index (χ0v) is 25.8. The number of aliphatic hydroxyl groups is 1. The first kappa shape index (κ1) is 30.7. The van der Waals surface area contributed by atoms with E-state index in [2.05, 4.69) is 20.8 Å². The van der Waals surface area contributed by atoms with Gasteiger partial charge in [0.15, 0.2) is 11.5 Å². The first-order valence-electron chi connectivity index (χ1n) is 15.5. The summed E-state index contributed by atoms with van der Waals surface area (Å²) in [5, 5.41) is 11.6. The fraction of sp³-hybridized carbons (Fsp3) is 0.788. The van der Waals surface area contributed by atoms with E-state index in [1.807, 2.05) is 0 Å². The molecule has 7 nitrogen and oxygen atoms in total. The Morgan fingerprint density at radius 2 is 1.77 bits per heavy atom. The highest BCUT2D eigenvalue weighted by atomic mass is 19.1. The molecule has 43 heavy (non-hydrogen) atoms. The van der Waals surface area contributed by atoms with Crippen molar-refractivity contribution in [3.63, 3.8) is 0 Å². The Labute approximate surface area is 250 Å². The van der Waals surface area contributed by atoms with E-state index in [0.29, 0.717) is 12.3 Å². The summed E-state index contributed by atoms with van der Waals surface area (Å²) in [6.45, 7) is 9.69. The molecule has 238 valence electrons. The number of hydrogen-bond acceptors (Lipinski definition) is 7. The van der Waals surface area contributed by atoms with Gasteiger partial charge in [-0.3, -0.25) is 4.79 Å². The van der Waals surface area contributed by atoms with Crippen LogP contribution >= 0.6 is 0 Å². The highest BCUT2D eigenvalue weighted by molar-refractivity contribution is 6.01. The number of rotatable bonds is 4. The molecule has 1 N–H and O–H groups in total. The summed E-state index contributed by atoms with van der Waals surface area (Å²) in [7, 11) is 0. The monoisotopic (exact) mass is 608 g/mol. The Morgan fingerprint density at radius 3 is 2.37 bits per heavy atom. The molecule has 6 rings (SSSR count). The van der Waals surface area contributed by atoms with Crippen LogP contribution in [0, 0.1) is 45.3 Å². The Balaban J connectivity index is 1.37. The fourth-order valence-electron chi connectivity index (χ4n) is 11.0. The summed E-state index contributed by atoms with van der Waals surface area (Å²) < 4.78 is 63.8. The van der Waals surface area contributed by atoms with Crippen LogP contribution in [0.5, 0.6) is 0 Å². The minimum Gasteiger partial charge on any atom is -0.431 e. The Kier molecular flexibility index (Phi) is 6.65. The van der Waals surface area contributed by atoms with Crippen molar-refractivity contribution in [3.8, 4) is 0 Å². The maximum Gasteiger partial charge on any atom is 0.509 e. The number of alkyl halides is 3. The van der Waals surface area contributed by atoms with Crippen LogP contribution in [-0.2, 0) is 23.8 Å². The summed E-state index contributed by atoms with van der Waals surface area (Å²) in [6.07, 6.45) is 0.710. The third kappa shape index (κ3) is 3.56. The highest BCUT2D eigenvalue weighted by Gasteiger charge is 2.79. The van der Waals surface area contributed by atoms with Gasteiger partial charge in [-0.25, -0.2) is 22.8 Å². The number of allylic oxidation sites excluding steroid dienone is 4. The number of carbonyl (C=O) groups is 3. The summed E-state index contributed by atoms with van der Waals surface area (Å²) in [5.41, 5.74) is -7.92. The SMILES string of the molecule is C[C@@H]1C[C@H]2[C@@H]3C[C@H](F)C4=CC(=O)C=C[C@]4(C)[C@@]3(F)[C@@H](O)C[C@]2(C)[C@@]1(OC(=O)O[C@H]1C[C@@H]2CC[C@]1(C)C2(C)C)C(=O)OCF. The quantitative estimate of drug-likeness (QED) is 0.384. The lowest BCUT2D eigenvalue weighted by atomic mass is 9.44. The van der Waals surface area contributed by atoms with E-state index in [1.165, 1.54) is 19.1 Å². The van der Waals surface area contributed by atoms with Crippen molar-refractivity contribution in [3.05, 3.63) is 23.8 Å². The van der Waals surface area contributed by atoms with Gasteiger partial charge in [-0.2, -0.15) is 0 Å². The molecule has 0 amide bonds. The van der Waals surface area contributed by atoms with Gasteiger partial charge in [-0.15, -0.1) is 0 Å². The first-order chi connectivity index (χ1) is 19.9. The van der Waals surface area contributed by atoms with E-state index in [1.54, 1.807) is 13.8 Å². The van der Waals surface area contributed by atoms with Crippen molar-refractivity contribution in [2.75, 3.05) is 6.86 Å². The predicted octanol–water partition coefficient (Wildman–Crippen LogP) is 6.13. The van der Waals surface area contributed by atoms with E-state index in [4.69, 9.17) is 14.2 Å². The minimum atomic E-state index is -2.38. The van der Waals surface area contributed by atoms with Gasteiger partial charge in [0.2, 0.25) is 12.5 Å². The minimum absolute atomic E-state index is 0.0161. The third-order valence-corrected chi connectivity index (χ3v) is 13.9. The second kappa shape index (κ2) is 9.33. The number of carbonyl (C=O) groups excluding carboxylic acids is 3. The molecular weight excluding hydrogens is 565 g/mol. The average molecular weight is 609 g/mol. The third-order valence-electron chi connectivity index (χ3n) is 13.9. The number of esters is 1. The summed E-state index contributed by atoms with van der Waals surface area (Å²) >= 11 is 0. The molecule has 6 aliphatic rings. The van der Waals surface area contributed by atoms with Gasteiger partial charge in [0, 0.05) is 28.1 Å². The molecule has 0 aromatic rings. The largest absolute Gasteiger partial charge is 0.509 e. The maximum absolute atomic E-state index is 17.6. The van der Waals surface area contributed by atoms with Crippen LogP contribution in [0.2, 0.25) is 0 Å². The van der Waals surface area contributed by atoms with Gasteiger partial charge in [0.1, 0.15) is 12.3 Å². The second-order valence-electron chi connectivity index (χ2n) is 15.3. The zero-order chi connectivity index (χ0) is 31.5. The topological polar surface area (TPSA) is 99.1 Å². The average Bonchev–Trinajstić information content (AvgIpc) is 3.36. The van der Waals surface area contributed by atoms with Gasteiger partial charge in [0.25, 0.3) is 0 Å². The number of hydrogen-bond donors (Lipinski definition) is 1. The van der Waals surface area contributed by atoms with Crippen LogP contribution in [-0.4, -0.2) is 59.5 Å². The molecule has 12 atom stereocenters. The molecule has 5 saturated carbocycles. The predicted molar refractivity (Wildman–Crippen MR) is 149 cm³/mol. The van der Waals surface area contributed by atoms with Crippen LogP contribution in [0.25, 0.3) is 0 Å². The standard InChI is InChI=1S/C33H43F3O7/c1-17-11-20-21-14-23(35)22-13-19(37)8-10-29(22,4)32(21,36)24(38)15-31(20,6)33(17,26(39)41-16-34)43-27(40)42-25-12-18-7-9-30(25,5)28(18,2)3/h8,10,13,17-18,20-21,23-25,38H,7,9,11-12,14-16H2,1-6H3/t17-,18+,20+,21+,23+,24+,25+,29+,30+,31+,32+,33+/m1/s1. The number of ketones is 1. The van der Waals surface area contributed by atoms with Gasteiger partial charge in [0.05, 0.1) is 6.10 Å². The molecule has 0 heterocycles. The summed E-state index contributed by atoms with van der Waals surface area (Å²) in [6, 6.07) is 0. The number of ether oxygens (including phenoxy) is 3. The van der Waals surface area contributed by atoms with Crippen LogP contribution in [0.15, 0.2) is 23.8 Å². The molecule has 0 radical (unpaired) electrons. The van der Waals surface area contributed by atoms with Crippen molar-refractivity contribution in [1.82, 2.24) is 0 Å². The Morgan fingerprint density at radius 1 is 1.07 bits per heavy atom. The Hall–Kier alpha value is -2.36. The van der Waals surface area contributed by atoms with E-state index in [9.17, 15) is 23.9 Å². The van der Waals surface area contributed by atoms with Crippen molar-refractivity contribution >= 4 is 17.9 Å². The summed E-state index contributed by atoms with van der Waals surface area (Å²) in [5.74, 6) is -3.87. The zero-order valence-electron chi connectivity index (χ0n) is 25.8. The van der Waals surface area contributed by atoms with E-state index in [0.717, 1.165) is 18.9 Å². The molecule has 0 aromatic carbocycles. The van der Waals surface area contributed by atoms with E-state index in [-0.39, 0.29) is 35.7 Å². The normalized spacial score (nSPS) is 50.8. The van der Waals surface area contributed by atoms with Gasteiger partial charge >= 0.3 is 12.1 Å². The van der Waals surface area contributed by atoms with E-state index >= 15 is 8.78 Å². The molecule has 2 bridgehead atoms. The van der Waals surface area contributed by atoms with Crippen molar-refractivity contribution in [1.29, 1.82) is 0 Å². The van der Waals surface area contributed by atoms with Crippen molar-refractivity contribution in [2.45, 2.75) is 110 Å². The van der Waals surface area contributed by atoms with Crippen LogP contribution in [0.3, 0.4) is 0 Å². The lowest BCUT2D eigenvalue weighted by Gasteiger charge is -2.62. The Bertz CT molecular complexity index is 1310. The van der Waals surface area contributed by atoms with Gasteiger partial charge < -0.3 is 19.3 Å². The summed E-state index contributed by atoms with van der Waals surface area (Å²) in [4.78, 5) is 39.5. The molecule has 5 fully saturated rings. The van der Waals surface area contributed by atoms with Crippen molar-refractivity contribution < 1.29 is 46.9 Å². The smallest absolute Gasteiger partial charge is 0.431 e. The number of aliphatic hydroxyl groups excluding tert-OH is 1. The molecule has 0 aromatic heterocycles. The highest BCUT2D eigenvalue weighted by Crippen LogP contribution is 2.72. The van der Waals surface area contributed by atoms with Gasteiger partial charge in [-0.1, -0.05) is 40.7 Å². The van der Waals surface area contributed by atoms with Crippen molar-refractivity contribution in [2.24, 2.45) is 45.3 Å². The van der Waals surface area contributed by atoms with Crippen LogP contribution < -0.4 is 0 Å². The molecule has 0 saturated heterocycles. The molecule has 6 aliphatic carbocycles. The second-order valence-corrected chi connectivity index (χ2v) is 15.3. The molecule has 0 unspecified atom stereocenters. The van der Waals surface area contributed by atoms with Crippen LogP contribution in [0.1, 0.15) is 80.1 Å². The number of fused-ring (bicyclic) bond motifs is 7. The van der Waals surface area contributed by atoms with E-state index < -0.39 is 83.0 Å². The molecule has 0 aliphatic heterocycles. The lowest BCUT2D eigenvalue weighted by molar-refractivity contribution is -0.236. The fourth-order valence-corrected chi connectivity index (χ4v) is 11.0. The first-order valence-corrected chi connectivity index (χ1v) is 15.5. The van der Waals surface area contributed by atoms with Gasteiger partial charge in [-0.05, 0) is 80.4 Å². The maximum atomic E-state index is 17.6. The molecular formula is C33H43F3O7. The molecule has 10 heteroatoms. The number of halogens is 3. The lowest BCUT2D eigenvalue weighted by Crippen LogP contribution is -2.71. The van der Waals surface area contributed by atoms with Crippen LogP contribution in [0.4, 0.5) is 18.0 Å². The molecule has 0 spiro atoms.